The van der Waals surface area contributed by atoms with Crippen LogP contribution < -0.4 is 5.32 Å². The molecule has 0 radical (unpaired) electrons. The van der Waals surface area contributed by atoms with Crippen molar-refractivity contribution >= 4 is 22.6 Å². The highest BCUT2D eigenvalue weighted by atomic mass is 16.2. The standard InChI is InChI=1S/C22H27N5O/c1-26(14-18-7-5-6-12-23-18)15-22(28)25-17-10-11-21-20(13-17)24-16-27(21)19-8-3-2-4-9-19/h5-7,10-13,16,19H,2-4,8-9,14-15H2,1H3,(H,25,28). The second-order valence-electron chi connectivity index (χ2n) is 7.69. The van der Waals surface area contributed by atoms with Gasteiger partial charge < -0.3 is 9.88 Å². The zero-order valence-corrected chi connectivity index (χ0v) is 16.3. The molecule has 1 amide bonds. The number of nitrogens with zero attached hydrogens (tertiary/aromatic N) is 4. The first kappa shape index (κ1) is 18.6. The molecule has 0 bridgehead atoms. The largest absolute Gasteiger partial charge is 0.327 e. The summed E-state index contributed by atoms with van der Waals surface area (Å²) in [5, 5.41) is 2.99. The van der Waals surface area contributed by atoms with E-state index in [0.29, 0.717) is 19.1 Å². The molecular weight excluding hydrogens is 350 g/mol. The van der Waals surface area contributed by atoms with Gasteiger partial charge in [-0.3, -0.25) is 14.7 Å². The quantitative estimate of drug-likeness (QED) is 0.705. The molecule has 0 saturated heterocycles. The van der Waals surface area contributed by atoms with Crippen LogP contribution in [0.15, 0.2) is 48.9 Å². The number of carbonyl (C=O) groups is 1. The minimum Gasteiger partial charge on any atom is -0.327 e. The topological polar surface area (TPSA) is 63.1 Å². The van der Waals surface area contributed by atoms with Gasteiger partial charge in [0, 0.05) is 24.5 Å². The number of benzene rings is 1. The van der Waals surface area contributed by atoms with E-state index in [9.17, 15) is 4.79 Å². The molecule has 0 aliphatic heterocycles. The van der Waals surface area contributed by atoms with E-state index in [0.717, 1.165) is 22.4 Å². The highest BCUT2D eigenvalue weighted by Gasteiger charge is 2.17. The van der Waals surface area contributed by atoms with Gasteiger partial charge in [-0.05, 0) is 50.2 Å². The summed E-state index contributed by atoms with van der Waals surface area (Å²) in [4.78, 5) is 23.2. The van der Waals surface area contributed by atoms with Crippen LogP contribution >= 0.6 is 0 Å². The van der Waals surface area contributed by atoms with E-state index in [-0.39, 0.29) is 5.91 Å². The molecule has 3 aromatic rings. The van der Waals surface area contributed by atoms with Crippen LogP contribution in [-0.4, -0.2) is 38.9 Å². The van der Waals surface area contributed by atoms with Crippen molar-refractivity contribution in [2.24, 2.45) is 0 Å². The fourth-order valence-electron chi connectivity index (χ4n) is 4.03. The second kappa shape index (κ2) is 8.52. The molecule has 1 saturated carbocycles. The van der Waals surface area contributed by atoms with Gasteiger partial charge in [-0.15, -0.1) is 0 Å². The summed E-state index contributed by atoms with van der Waals surface area (Å²) in [6, 6.07) is 12.4. The summed E-state index contributed by atoms with van der Waals surface area (Å²) in [7, 11) is 1.92. The van der Waals surface area contributed by atoms with Crippen molar-refractivity contribution in [2.75, 3.05) is 18.9 Å². The molecule has 146 valence electrons. The highest BCUT2D eigenvalue weighted by molar-refractivity contribution is 5.94. The summed E-state index contributed by atoms with van der Waals surface area (Å²) in [5.74, 6) is -0.0375. The van der Waals surface area contributed by atoms with Crippen LogP contribution in [0.25, 0.3) is 11.0 Å². The minimum atomic E-state index is -0.0375. The van der Waals surface area contributed by atoms with Gasteiger partial charge in [0.2, 0.25) is 5.91 Å². The Kier molecular flexibility index (Phi) is 5.67. The van der Waals surface area contributed by atoms with E-state index in [2.05, 4.69) is 25.9 Å². The van der Waals surface area contributed by atoms with Crippen LogP contribution in [0.1, 0.15) is 43.8 Å². The van der Waals surface area contributed by atoms with E-state index in [1.807, 2.05) is 48.6 Å². The Morgan fingerprint density at radius 2 is 2.04 bits per heavy atom. The summed E-state index contributed by atoms with van der Waals surface area (Å²) in [5.41, 5.74) is 3.83. The van der Waals surface area contributed by atoms with E-state index in [1.54, 1.807) is 6.20 Å². The molecule has 1 aliphatic carbocycles. The Morgan fingerprint density at radius 3 is 2.82 bits per heavy atom. The Bertz CT molecular complexity index is 931. The number of carbonyl (C=O) groups excluding carboxylic acids is 1. The first-order valence-corrected chi connectivity index (χ1v) is 10.0. The average molecular weight is 377 g/mol. The molecule has 1 aromatic carbocycles. The van der Waals surface area contributed by atoms with Crippen LogP contribution in [0.5, 0.6) is 0 Å². The summed E-state index contributed by atoms with van der Waals surface area (Å²) < 4.78 is 2.31. The monoisotopic (exact) mass is 377 g/mol. The maximum absolute atomic E-state index is 12.4. The van der Waals surface area contributed by atoms with Gasteiger partial charge in [-0.1, -0.05) is 25.3 Å². The maximum Gasteiger partial charge on any atom is 0.238 e. The Hall–Kier alpha value is -2.73. The van der Waals surface area contributed by atoms with Crippen LogP contribution in [0.4, 0.5) is 5.69 Å². The van der Waals surface area contributed by atoms with Crippen molar-refractivity contribution in [1.29, 1.82) is 0 Å². The number of amides is 1. The second-order valence-corrected chi connectivity index (χ2v) is 7.69. The predicted molar refractivity (Wildman–Crippen MR) is 111 cm³/mol. The van der Waals surface area contributed by atoms with Gasteiger partial charge in [-0.25, -0.2) is 4.98 Å². The molecule has 0 atom stereocenters. The predicted octanol–water partition coefficient (Wildman–Crippen LogP) is 4.01. The third kappa shape index (κ3) is 4.39. The zero-order chi connectivity index (χ0) is 19.3. The van der Waals surface area contributed by atoms with Crippen LogP contribution in [0.2, 0.25) is 0 Å². The van der Waals surface area contributed by atoms with Gasteiger partial charge in [0.15, 0.2) is 0 Å². The van der Waals surface area contributed by atoms with Crippen LogP contribution in [0.3, 0.4) is 0 Å². The lowest BCUT2D eigenvalue weighted by Gasteiger charge is -2.23. The fraction of sp³-hybridized carbons (Fsp3) is 0.409. The molecule has 1 aliphatic rings. The van der Waals surface area contributed by atoms with E-state index >= 15 is 0 Å². The van der Waals surface area contributed by atoms with E-state index < -0.39 is 0 Å². The zero-order valence-electron chi connectivity index (χ0n) is 16.3. The van der Waals surface area contributed by atoms with Crippen molar-refractivity contribution in [3.63, 3.8) is 0 Å². The number of aromatic nitrogens is 3. The number of nitrogens with one attached hydrogen (secondary N) is 1. The maximum atomic E-state index is 12.4. The van der Waals surface area contributed by atoms with Crippen LogP contribution in [-0.2, 0) is 11.3 Å². The molecule has 0 unspecified atom stereocenters. The number of rotatable bonds is 6. The molecular formula is C22H27N5O. The SMILES string of the molecule is CN(CC(=O)Nc1ccc2c(c1)ncn2C1CCCCC1)Cc1ccccn1. The third-order valence-corrected chi connectivity index (χ3v) is 5.40. The van der Waals surface area contributed by atoms with E-state index in [4.69, 9.17) is 0 Å². The Labute approximate surface area is 165 Å². The van der Waals surface area contributed by atoms with Crippen molar-refractivity contribution in [3.8, 4) is 0 Å². The van der Waals surface area contributed by atoms with Crippen LogP contribution in [0, 0.1) is 0 Å². The summed E-state index contributed by atoms with van der Waals surface area (Å²) >= 11 is 0. The molecule has 6 heteroatoms. The molecule has 2 aromatic heterocycles. The first-order valence-electron chi connectivity index (χ1n) is 10.0. The van der Waals surface area contributed by atoms with Gasteiger partial charge in [0.05, 0.1) is 29.6 Å². The van der Waals surface area contributed by atoms with Gasteiger partial charge in [-0.2, -0.15) is 0 Å². The number of hydrogen-bond acceptors (Lipinski definition) is 4. The number of imidazole rings is 1. The number of likely N-dealkylation sites (N-methyl/N-ethyl adjacent to an activating group) is 1. The number of pyridine rings is 1. The normalized spacial score (nSPS) is 15.2. The van der Waals surface area contributed by atoms with Crippen molar-refractivity contribution < 1.29 is 4.79 Å². The lowest BCUT2D eigenvalue weighted by molar-refractivity contribution is -0.117. The van der Waals surface area contributed by atoms with Crippen molar-refractivity contribution in [3.05, 3.63) is 54.6 Å². The number of hydrogen-bond donors (Lipinski definition) is 1. The summed E-state index contributed by atoms with van der Waals surface area (Å²) in [6.07, 6.45) is 10.1. The average Bonchev–Trinajstić information content (AvgIpc) is 3.12. The lowest BCUT2D eigenvalue weighted by atomic mass is 9.95. The molecule has 6 nitrogen and oxygen atoms in total. The lowest BCUT2D eigenvalue weighted by Crippen LogP contribution is -2.30. The van der Waals surface area contributed by atoms with Gasteiger partial charge >= 0.3 is 0 Å². The third-order valence-electron chi connectivity index (χ3n) is 5.40. The molecule has 1 N–H and O–H groups in total. The molecule has 1 fully saturated rings. The fourth-order valence-corrected chi connectivity index (χ4v) is 4.03. The molecule has 2 heterocycles. The Balaban J connectivity index is 1.38. The van der Waals surface area contributed by atoms with E-state index in [1.165, 1.54) is 32.1 Å². The molecule has 4 rings (SSSR count). The smallest absolute Gasteiger partial charge is 0.238 e. The Morgan fingerprint density at radius 1 is 1.18 bits per heavy atom. The van der Waals surface area contributed by atoms with Gasteiger partial charge in [0.25, 0.3) is 0 Å². The number of anilines is 1. The van der Waals surface area contributed by atoms with Gasteiger partial charge in [0.1, 0.15) is 0 Å². The number of fused-ring (bicyclic) bond motifs is 1. The van der Waals surface area contributed by atoms with Crippen molar-refractivity contribution in [1.82, 2.24) is 19.4 Å². The molecule has 28 heavy (non-hydrogen) atoms. The first-order chi connectivity index (χ1) is 13.7. The molecule has 0 spiro atoms. The highest BCUT2D eigenvalue weighted by Crippen LogP contribution is 2.31. The van der Waals surface area contributed by atoms with Crippen molar-refractivity contribution in [2.45, 2.75) is 44.7 Å². The summed E-state index contributed by atoms with van der Waals surface area (Å²) in [6.45, 7) is 0.949. The minimum absolute atomic E-state index is 0.0375.